The fourth-order valence-electron chi connectivity index (χ4n) is 1.88. The number of nitrogens with one attached hydrogen (secondary N) is 2. The monoisotopic (exact) mass is 425 g/mol. The summed E-state index contributed by atoms with van der Waals surface area (Å²) in [7, 11) is -3.89. The van der Waals surface area contributed by atoms with Crippen LogP contribution in [0.5, 0.6) is 0 Å². The number of thioether (sulfide) groups is 1. The molecule has 2 rings (SSSR count). The number of carbonyl (C=O) groups is 1. The molecule has 0 aliphatic carbocycles. The molecule has 0 saturated heterocycles. The van der Waals surface area contributed by atoms with Gasteiger partial charge in [-0.2, -0.15) is 0 Å². The average molecular weight is 425 g/mol. The Labute approximate surface area is 164 Å². The molecule has 0 unspecified atom stereocenters. The summed E-state index contributed by atoms with van der Waals surface area (Å²) in [6, 6.07) is 6.41. The number of hydroxylamine groups is 1. The third-order valence-corrected chi connectivity index (χ3v) is 4.60. The fraction of sp³-hybridized carbons (Fsp3) is 0.214. The smallest absolute Gasteiger partial charge is 0.236 e. The molecule has 14 heteroatoms. The maximum absolute atomic E-state index is 11.4. The van der Waals surface area contributed by atoms with Crippen molar-refractivity contribution >= 4 is 44.9 Å². The van der Waals surface area contributed by atoms with Crippen LogP contribution in [-0.4, -0.2) is 53.7 Å². The number of carbonyl (C=O) groups excluding carboxylic acids is 1. The van der Waals surface area contributed by atoms with Crippen LogP contribution in [0.1, 0.15) is 5.69 Å². The minimum Gasteiger partial charge on any atom is -0.354 e. The van der Waals surface area contributed by atoms with Crippen LogP contribution in [0.3, 0.4) is 0 Å². The molecule has 2 aromatic rings. The molecule has 0 spiro atoms. The summed E-state index contributed by atoms with van der Waals surface area (Å²) in [6.45, 7) is 7.15. The second-order valence-corrected chi connectivity index (χ2v) is 7.83. The van der Waals surface area contributed by atoms with Crippen molar-refractivity contribution in [3.63, 3.8) is 0 Å². The van der Waals surface area contributed by atoms with Gasteiger partial charge in [-0.05, 0) is 22.4 Å². The number of amides is 1. The second kappa shape index (κ2) is 9.80. The molecule has 0 radical (unpaired) electrons. The molecular weight excluding hydrogens is 410 g/mol. The first kappa shape index (κ1) is 21.3. The molecule has 0 aliphatic rings. The van der Waals surface area contributed by atoms with Crippen molar-refractivity contribution in [2.24, 2.45) is 10.1 Å². The van der Waals surface area contributed by atoms with E-state index in [0.29, 0.717) is 17.1 Å². The summed E-state index contributed by atoms with van der Waals surface area (Å²) in [5.41, 5.74) is 2.81. The summed E-state index contributed by atoms with van der Waals surface area (Å²) < 4.78 is 26.3. The van der Waals surface area contributed by atoms with Crippen LogP contribution < -0.4 is 15.9 Å². The molecule has 0 fully saturated rings. The Hall–Kier alpha value is -2.99. The number of aliphatic imine (C=N–C) groups is 1. The number of amidine groups is 1. The quantitative estimate of drug-likeness (QED) is 0.115. The first-order chi connectivity index (χ1) is 13.3. The maximum Gasteiger partial charge on any atom is 0.236 e. The third-order valence-electron chi connectivity index (χ3n) is 2.98. The zero-order valence-corrected chi connectivity index (χ0v) is 15.8. The van der Waals surface area contributed by atoms with Crippen LogP contribution in [0.4, 0.5) is 11.4 Å². The van der Waals surface area contributed by atoms with Crippen molar-refractivity contribution in [3.05, 3.63) is 41.4 Å². The first-order valence-electron chi connectivity index (χ1n) is 7.51. The molecule has 1 aromatic carbocycles. The number of primary sulfonamides is 1. The van der Waals surface area contributed by atoms with E-state index in [-0.39, 0.29) is 23.1 Å². The number of aromatic nitrogens is 2. The van der Waals surface area contributed by atoms with Crippen LogP contribution in [-0.2, 0) is 14.8 Å². The largest absolute Gasteiger partial charge is 0.354 e. The van der Waals surface area contributed by atoms with Gasteiger partial charge >= 0.3 is 0 Å². The van der Waals surface area contributed by atoms with Gasteiger partial charge in [0.15, 0.2) is 22.2 Å². The highest BCUT2D eigenvalue weighted by Gasteiger charge is 2.17. The minimum atomic E-state index is -3.89. The number of hydrogen-bond donors (Lipinski definition) is 4. The highest BCUT2D eigenvalue weighted by molar-refractivity contribution is 7.99. The van der Waals surface area contributed by atoms with E-state index in [0.717, 1.165) is 11.8 Å². The summed E-state index contributed by atoms with van der Waals surface area (Å²) in [4.78, 5) is 18.9. The Morgan fingerprint density at radius 2 is 2.21 bits per heavy atom. The molecule has 1 heterocycles. The number of nitrogens with zero attached hydrogens (tertiary/aromatic N) is 4. The molecule has 5 N–H and O–H groups in total. The second-order valence-electron chi connectivity index (χ2n) is 5.13. The lowest BCUT2D eigenvalue weighted by atomic mass is 10.3. The number of nitrogens with two attached hydrogens (primary N) is 1. The van der Waals surface area contributed by atoms with E-state index in [1.165, 1.54) is 6.07 Å². The molecule has 0 aliphatic heterocycles. The normalized spacial score (nSPS) is 11.7. The predicted molar refractivity (Wildman–Crippen MR) is 99.8 cm³/mol. The molecule has 0 bridgehead atoms. The van der Waals surface area contributed by atoms with Crippen LogP contribution >= 0.6 is 11.8 Å². The SMILES string of the molecule is [C-]#[N+]c1cccc(N=C(NO)c2nonc2SCCNC(=O)CS(N)(=O)=O)c1. The molecule has 12 nitrogen and oxygen atoms in total. The van der Waals surface area contributed by atoms with Crippen molar-refractivity contribution in [1.82, 2.24) is 21.1 Å². The Kier molecular flexibility index (Phi) is 7.46. The van der Waals surface area contributed by atoms with Crippen molar-refractivity contribution in [1.29, 1.82) is 0 Å². The molecule has 28 heavy (non-hydrogen) atoms. The molecule has 1 aromatic heterocycles. The number of hydrogen-bond acceptors (Lipinski definition) is 9. The van der Waals surface area contributed by atoms with Crippen molar-refractivity contribution in [2.75, 3.05) is 18.1 Å². The lowest BCUT2D eigenvalue weighted by Gasteiger charge is -2.05. The van der Waals surface area contributed by atoms with E-state index in [9.17, 15) is 18.4 Å². The van der Waals surface area contributed by atoms with Gasteiger partial charge in [0.1, 0.15) is 5.75 Å². The Bertz CT molecular complexity index is 1010. The summed E-state index contributed by atoms with van der Waals surface area (Å²) in [5.74, 6) is -1.27. The van der Waals surface area contributed by atoms with Gasteiger partial charge in [0.05, 0.1) is 12.3 Å². The van der Waals surface area contributed by atoms with Gasteiger partial charge in [-0.1, -0.05) is 23.9 Å². The van der Waals surface area contributed by atoms with E-state index < -0.39 is 21.7 Å². The predicted octanol–water partition coefficient (Wildman–Crippen LogP) is 0.174. The average Bonchev–Trinajstić information content (AvgIpc) is 3.10. The Morgan fingerprint density at radius 1 is 1.43 bits per heavy atom. The van der Waals surface area contributed by atoms with Crippen molar-refractivity contribution in [2.45, 2.75) is 5.03 Å². The molecule has 0 saturated carbocycles. The Morgan fingerprint density at radius 3 is 2.89 bits per heavy atom. The zero-order valence-electron chi connectivity index (χ0n) is 14.2. The van der Waals surface area contributed by atoms with Crippen LogP contribution in [0.25, 0.3) is 4.85 Å². The van der Waals surface area contributed by atoms with E-state index in [2.05, 4.69) is 30.1 Å². The zero-order chi connectivity index (χ0) is 20.6. The molecule has 1 amide bonds. The minimum absolute atomic E-state index is 0.0517. The highest BCUT2D eigenvalue weighted by atomic mass is 32.2. The third kappa shape index (κ3) is 6.63. The lowest BCUT2D eigenvalue weighted by molar-refractivity contribution is -0.118. The summed E-state index contributed by atoms with van der Waals surface area (Å²) in [6.07, 6.45) is 0. The van der Waals surface area contributed by atoms with Crippen molar-refractivity contribution in [3.8, 4) is 0 Å². The van der Waals surface area contributed by atoms with Gasteiger partial charge in [0.25, 0.3) is 0 Å². The van der Waals surface area contributed by atoms with E-state index in [1.807, 2.05) is 5.48 Å². The van der Waals surface area contributed by atoms with E-state index >= 15 is 0 Å². The van der Waals surface area contributed by atoms with Gasteiger partial charge in [-0.15, -0.1) is 0 Å². The topological polar surface area (TPSA) is 177 Å². The molecular formula is C14H15N7O5S2. The fourth-order valence-corrected chi connectivity index (χ4v) is 3.11. The maximum atomic E-state index is 11.4. The van der Waals surface area contributed by atoms with E-state index in [4.69, 9.17) is 11.7 Å². The van der Waals surface area contributed by atoms with Gasteiger partial charge in [0.2, 0.25) is 15.9 Å². The van der Waals surface area contributed by atoms with E-state index in [1.54, 1.807) is 18.2 Å². The lowest BCUT2D eigenvalue weighted by Crippen LogP contribution is -2.34. The standard InChI is InChI=1S/C14H15N7O5S2/c1-16-9-3-2-4-10(7-9)18-13(19-23)12-14(21-26-20-12)27-6-5-17-11(22)8-28(15,24)25/h2-4,7,23H,5-6,8H2,(H,17,22)(H,18,19)(H2,15,24,25). The highest BCUT2D eigenvalue weighted by Crippen LogP contribution is 2.23. The number of benzene rings is 1. The first-order valence-corrected chi connectivity index (χ1v) is 10.2. The van der Waals surface area contributed by atoms with Crippen molar-refractivity contribution < 1.29 is 23.0 Å². The number of rotatable bonds is 8. The van der Waals surface area contributed by atoms with Gasteiger partial charge in [-0.25, -0.2) is 28.0 Å². The van der Waals surface area contributed by atoms with Gasteiger partial charge < -0.3 is 5.32 Å². The molecule has 0 atom stereocenters. The summed E-state index contributed by atoms with van der Waals surface area (Å²) >= 11 is 1.13. The Balaban J connectivity index is 2.02. The van der Waals surface area contributed by atoms with Crippen LogP contribution in [0.2, 0.25) is 0 Å². The van der Waals surface area contributed by atoms with Gasteiger partial charge in [-0.3, -0.25) is 15.5 Å². The number of sulfonamides is 1. The van der Waals surface area contributed by atoms with Crippen LogP contribution in [0.15, 0.2) is 38.9 Å². The van der Waals surface area contributed by atoms with Crippen LogP contribution in [0, 0.1) is 6.57 Å². The van der Waals surface area contributed by atoms with Gasteiger partial charge in [0, 0.05) is 12.3 Å². The summed E-state index contributed by atoms with van der Waals surface area (Å²) in [5, 5.41) is 24.2. The molecule has 148 valence electrons.